The van der Waals surface area contributed by atoms with Crippen molar-refractivity contribution in [2.45, 2.75) is 13.5 Å². The summed E-state index contributed by atoms with van der Waals surface area (Å²) in [5.41, 5.74) is 2.31. The number of methoxy groups -OCH3 is 1. The van der Waals surface area contributed by atoms with E-state index in [1.807, 2.05) is 0 Å². The second-order valence-electron chi connectivity index (χ2n) is 5.57. The third-order valence-corrected chi connectivity index (χ3v) is 4.30. The van der Waals surface area contributed by atoms with Crippen LogP contribution >= 0.6 is 15.9 Å². The molecule has 0 amide bonds. The molecule has 1 aliphatic rings. The summed E-state index contributed by atoms with van der Waals surface area (Å²) in [5, 5.41) is 3.65. The molecule has 2 aromatic rings. The molecule has 0 fully saturated rings. The minimum atomic E-state index is -0.496. The minimum absolute atomic E-state index is 0.186. The first-order chi connectivity index (χ1) is 12.5. The molecule has 0 spiro atoms. The van der Waals surface area contributed by atoms with E-state index in [4.69, 9.17) is 9.47 Å². The fraction of sp³-hybridized carbons (Fsp3) is 0.158. The van der Waals surface area contributed by atoms with Crippen LogP contribution in [0.4, 0.5) is 4.39 Å². The summed E-state index contributed by atoms with van der Waals surface area (Å²) >= 11 is 3.45. The number of carbonyl (C=O) groups is 1. The number of carbonyl (C=O) groups excluding carboxylic acids is 1. The fourth-order valence-electron chi connectivity index (χ4n) is 2.43. The van der Waals surface area contributed by atoms with Gasteiger partial charge < -0.3 is 14.3 Å². The summed E-state index contributed by atoms with van der Waals surface area (Å²) in [6.07, 6.45) is 1.66. The third kappa shape index (κ3) is 3.94. The molecule has 1 heterocycles. The van der Waals surface area contributed by atoms with Crippen molar-refractivity contribution < 1.29 is 23.5 Å². The minimum Gasteiger partial charge on any atom is -0.493 e. The molecule has 3 rings (SSSR count). The van der Waals surface area contributed by atoms with Crippen molar-refractivity contribution in [2.24, 2.45) is 5.16 Å². The first-order valence-corrected chi connectivity index (χ1v) is 8.50. The molecule has 0 saturated heterocycles. The summed E-state index contributed by atoms with van der Waals surface area (Å²) in [7, 11) is 1.52. The van der Waals surface area contributed by atoms with Crippen molar-refractivity contribution in [3.8, 4) is 11.5 Å². The second kappa shape index (κ2) is 7.70. The highest BCUT2D eigenvalue weighted by Crippen LogP contribution is 2.38. The summed E-state index contributed by atoms with van der Waals surface area (Å²) in [6.45, 7) is 1.88. The van der Waals surface area contributed by atoms with Crippen molar-refractivity contribution >= 4 is 33.7 Å². The first kappa shape index (κ1) is 18.1. The lowest BCUT2D eigenvalue weighted by Gasteiger charge is -2.14. The molecule has 0 aromatic heterocycles. The Hall–Kier alpha value is -2.67. The van der Waals surface area contributed by atoms with Gasteiger partial charge in [-0.1, -0.05) is 17.3 Å². The van der Waals surface area contributed by atoms with Crippen molar-refractivity contribution in [3.05, 3.63) is 63.4 Å². The van der Waals surface area contributed by atoms with Crippen LogP contribution in [-0.2, 0) is 16.2 Å². The maximum absolute atomic E-state index is 13.3. The van der Waals surface area contributed by atoms with E-state index in [1.54, 1.807) is 37.3 Å². The molecule has 0 radical (unpaired) electrons. The standard InChI is InChI=1S/C19H15BrFNO4/c1-11-15(19(23)26-22-11)7-13-8-16(20)18(17(9-13)24-2)25-10-12-4-3-5-14(21)6-12/h3-9H,10H2,1-2H3/b15-7+. The Bertz CT molecular complexity index is 924. The van der Waals surface area contributed by atoms with Gasteiger partial charge in [0.2, 0.25) is 0 Å². The SMILES string of the molecule is COc1cc(/C=C2/C(=O)ON=C2C)cc(Br)c1OCc1cccc(F)c1. The molecule has 0 aliphatic carbocycles. The van der Waals surface area contributed by atoms with E-state index in [0.717, 1.165) is 5.56 Å². The van der Waals surface area contributed by atoms with E-state index < -0.39 is 5.97 Å². The Morgan fingerprint density at radius 3 is 2.77 bits per heavy atom. The number of hydrogen-bond acceptors (Lipinski definition) is 5. The zero-order valence-corrected chi connectivity index (χ0v) is 15.7. The van der Waals surface area contributed by atoms with Gasteiger partial charge in [-0.25, -0.2) is 9.18 Å². The van der Waals surface area contributed by atoms with Crippen LogP contribution in [0.1, 0.15) is 18.1 Å². The highest BCUT2D eigenvalue weighted by atomic mass is 79.9. The number of halogens is 2. The van der Waals surface area contributed by atoms with Gasteiger partial charge in [-0.05, 0) is 64.3 Å². The van der Waals surface area contributed by atoms with E-state index in [9.17, 15) is 9.18 Å². The summed E-state index contributed by atoms with van der Waals surface area (Å²) in [5.74, 6) is 0.144. The smallest absolute Gasteiger partial charge is 0.367 e. The van der Waals surface area contributed by atoms with Gasteiger partial charge in [0.25, 0.3) is 0 Å². The molecule has 0 saturated carbocycles. The predicted molar refractivity (Wildman–Crippen MR) is 98.6 cm³/mol. The van der Waals surface area contributed by atoms with Crippen LogP contribution in [0.3, 0.4) is 0 Å². The van der Waals surface area contributed by atoms with Crippen LogP contribution in [0.5, 0.6) is 11.5 Å². The van der Waals surface area contributed by atoms with E-state index in [0.29, 0.717) is 32.8 Å². The van der Waals surface area contributed by atoms with Crippen molar-refractivity contribution in [2.75, 3.05) is 7.11 Å². The third-order valence-electron chi connectivity index (χ3n) is 3.71. The Morgan fingerprint density at radius 2 is 2.12 bits per heavy atom. The molecule has 26 heavy (non-hydrogen) atoms. The van der Waals surface area contributed by atoms with Gasteiger partial charge in [0.05, 0.1) is 22.9 Å². The van der Waals surface area contributed by atoms with Crippen LogP contribution in [-0.4, -0.2) is 18.8 Å². The molecule has 1 aliphatic heterocycles. The van der Waals surface area contributed by atoms with Crippen LogP contribution in [0.25, 0.3) is 6.08 Å². The maximum Gasteiger partial charge on any atom is 0.367 e. The van der Waals surface area contributed by atoms with Gasteiger partial charge in [-0.15, -0.1) is 0 Å². The molecule has 0 bridgehead atoms. The second-order valence-corrected chi connectivity index (χ2v) is 6.42. The lowest BCUT2D eigenvalue weighted by Crippen LogP contribution is -2.02. The fourth-order valence-corrected chi connectivity index (χ4v) is 3.01. The van der Waals surface area contributed by atoms with Crippen LogP contribution in [0.15, 0.2) is 51.6 Å². The molecule has 5 nitrogen and oxygen atoms in total. The summed E-state index contributed by atoms with van der Waals surface area (Å²) in [6, 6.07) is 9.71. The highest BCUT2D eigenvalue weighted by Gasteiger charge is 2.22. The largest absolute Gasteiger partial charge is 0.493 e. The number of benzene rings is 2. The molecular formula is C19H15BrFNO4. The Labute approximate surface area is 158 Å². The highest BCUT2D eigenvalue weighted by molar-refractivity contribution is 9.10. The van der Waals surface area contributed by atoms with Crippen molar-refractivity contribution in [1.82, 2.24) is 0 Å². The van der Waals surface area contributed by atoms with Crippen LogP contribution < -0.4 is 9.47 Å². The van der Waals surface area contributed by atoms with Gasteiger partial charge >= 0.3 is 5.97 Å². The number of hydrogen-bond donors (Lipinski definition) is 0. The molecular weight excluding hydrogens is 405 g/mol. The van der Waals surface area contributed by atoms with Crippen LogP contribution in [0.2, 0.25) is 0 Å². The molecule has 2 aromatic carbocycles. The van der Waals surface area contributed by atoms with E-state index in [-0.39, 0.29) is 12.4 Å². The average Bonchev–Trinajstić information content (AvgIpc) is 2.92. The Balaban J connectivity index is 1.87. The van der Waals surface area contributed by atoms with E-state index in [2.05, 4.69) is 25.9 Å². The average molecular weight is 420 g/mol. The monoisotopic (exact) mass is 419 g/mol. The predicted octanol–water partition coefficient (Wildman–Crippen LogP) is 4.49. The lowest BCUT2D eigenvalue weighted by atomic mass is 10.1. The summed E-state index contributed by atoms with van der Waals surface area (Å²) < 4.78 is 25.1. The molecule has 0 unspecified atom stereocenters. The van der Waals surface area contributed by atoms with E-state index in [1.165, 1.54) is 19.2 Å². The molecule has 134 valence electrons. The van der Waals surface area contributed by atoms with Crippen molar-refractivity contribution in [3.63, 3.8) is 0 Å². The molecule has 7 heteroatoms. The van der Waals surface area contributed by atoms with Gasteiger partial charge in [0, 0.05) is 0 Å². The quantitative estimate of drug-likeness (QED) is 0.529. The normalized spacial score (nSPS) is 15.0. The number of rotatable bonds is 5. The van der Waals surface area contributed by atoms with Gasteiger partial charge in [-0.2, -0.15) is 0 Å². The Morgan fingerprint density at radius 1 is 1.31 bits per heavy atom. The molecule has 0 N–H and O–H groups in total. The number of oxime groups is 1. The Kier molecular flexibility index (Phi) is 5.37. The molecule has 0 atom stereocenters. The van der Waals surface area contributed by atoms with Crippen LogP contribution in [0, 0.1) is 5.82 Å². The van der Waals surface area contributed by atoms with Crippen molar-refractivity contribution in [1.29, 1.82) is 0 Å². The van der Waals surface area contributed by atoms with E-state index >= 15 is 0 Å². The van der Waals surface area contributed by atoms with Gasteiger partial charge in [0.1, 0.15) is 12.4 Å². The zero-order chi connectivity index (χ0) is 18.7. The summed E-state index contributed by atoms with van der Waals surface area (Å²) in [4.78, 5) is 16.3. The van der Waals surface area contributed by atoms with Gasteiger partial charge in [0.15, 0.2) is 11.5 Å². The zero-order valence-electron chi connectivity index (χ0n) is 14.1. The topological polar surface area (TPSA) is 57.1 Å². The number of nitrogens with zero attached hydrogens (tertiary/aromatic N) is 1. The van der Waals surface area contributed by atoms with Gasteiger partial charge in [-0.3, -0.25) is 0 Å². The lowest BCUT2D eigenvalue weighted by molar-refractivity contribution is -0.136. The first-order valence-electron chi connectivity index (χ1n) is 7.70. The maximum atomic E-state index is 13.3. The number of ether oxygens (including phenoxy) is 2.